The maximum absolute atomic E-state index is 10.7. The van der Waals surface area contributed by atoms with Gasteiger partial charge in [0.25, 0.3) is 0 Å². The molecular weight excluding hydrogens is 168 g/mol. The minimum Gasteiger partial charge on any atom is -0.466 e. The van der Waals surface area contributed by atoms with Gasteiger partial charge in [0.15, 0.2) is 0 Å². The van der Waals surface area contributed by atoms with E-state index in [2.05, 4.69) is 4.74 Å². The molecule has 0 saturated heterocycles. The molecule has 4 heteroatoms. The van der Waals surface area contributed by atoms with Gasteiger partial charge in [0.1, 0.15) is 5.94 Å². The summed E-state index contributed by atoms with van der Waals surface area (Å²) in [6.45, 7) is 2.01. The van der Waals surface area contributed by atoms with E-state index in [9.17, 15) is 9.59 Å². The summed E-state index contributed by atoms with van der Waals surface area (Å²) < 4.78 is 4.58. The van der Waals surface area contributed by atoms with E-state index in [0.717, 1.165) is 0 Å². The van der Waals surface area contributed by atoms with E-state index in [-0.39, 0.29) is 17.9 Å². The predicted molar refractivity (Wildman–Crippen MR) is 41.2 cm³/mol. The fourth-order valence-electron chi connectivity index (χ4n) is 0.497. The minimum atomic E-state index is -0.438. The van der Waals surface area contributed by atoms with Crippen molar-refractivity contribution in [3.63, 3.8) is 0 Å². The Morgan fingerprint density at radius 3 is 2.64 bits per heavy atom. The van der Waals surface area contributed by atoms with Crippen molar-refractivity contribution in [2.45, 2.75) is 13.3 Å². The highest BCUT2D eigenvalue weighted by atomic mass is 35.5. The zero-order valence-corrected chi connectivity index (χ0v) is 6.98. The highest BCUT2D eigenvalue weighted by molar-refractivity contribution is 6.20. The van der Waals surface area contributed by atoms with E-state index < -0.39 is 5.97 Å². The zero-order chi connectivity index (χ0) is 8.69. The molecule has 0 aromatic carbocycles. The first-order valence-corrected chi connectivity index (χ1v) is 3.72. The van der Waals surface area contributed by atoms with Crippen LogP contribution in [0.2, 0.25) is 0 Å². The maximum atomic E-state index is 10.7. The number of hydrogen-bond donors (Lipinski definition) is 0. The van der Waals surface area contributed by atoms with Crippen molar-refractivity contribution in [1.29, 1.82) is 0 Å². The van der Waals surface area contributed by atoms with Crippen LogP contribution in [0.5, 0.6) is 0 Å². The van der Waals surface area contributed by atoms with E-state index in [1.54, 1.807) is 12.9 Å². The Bertz CT molecular complexity index is 182. The molecule has 62 valence electrons. The number of rotatable bonds is 4. The highest BCUT2D eigenvalue weighted by Crippen LogP contribution is 2.00. The standard InChI is InChI=1S/C7H9ClO3/c1-2-11-7(10)3-6(4-8)5-9/h2-4H2,1H3. The van der Waals surface area contributed by atoms with Crippen molar-refractivity contribution >= 4 is 23.5 Å². The van der Waals surface area contributed by atoms with Gasteiger partial charge in [-0.1, -0.05) is 0 Å². The summed E-state index contributed by atoms with van der Waals surface area (Å²) in [5.41, 5.74) is 0.227. The lowest BCUT2D eigenvalue weighted by Crippen LogP contribution is -2.05. The molecule has 0 heterocycles. The topological polar surface area (TPSA) is 43.4 Å². The Labute approximate surface area is 70.0 Å². The van der Waals surface area contributed by atoms with Crippen molar-refractivity contribution in [3.05, 3.63) is 5.57 Å². The molecule has 0 atom stereocenters. The molecule has 0 rings (SSSR count). The third-order valence-electron chi connectivity index (χ3n) is 0.969. The van der Waals surface area contributed by atoms with Crippen LogP contribution < -0.4 is 0 Å². The second kappa shape index (κ2) is 5.96. The van der Waals surface area contributed by atoms with Crippen LogP contribution in [0.15, 0.2) is 5.57 Å². The molecule has 0 aromatic rings. The summed E-state index contributed by atoms with van der Waals surface area (Å²) in [6.07, 6.45) is -0.0547. The lowest BCUT2D eigenvalue weighted by molar-refractivity contribution is -0.142. The second-order valence-corrected chi connectivity index (χ2v) is 2.09. The van der Waals surface area contributed by atoms with Crippen LogP contribution in [0, 0.1) is 0 Å². The zero-order valence-electron chi connectivity index (χ0n) is 6.22. The summed E-state index contributed by atoms with van der Waals surface area (Å²) in [5, 5.41) is 0. The maximum Gasteiger partial charge on any atom is 0.310 e. The van der Waals surface area contributed by atoms with Crippen LogP contribution in [-0.4, -0.2) is 24.4 Å². The number of hydrogen-bond acceptors (Lipinski definition) is 3. The lowest BCUT2D eigenvalue weighted by atomic mass is 10.2. The summed E-state index contributed by atoms with van der Waals surface area (Å²) >= 11 is 5.30. The van der Waals surface area contributed by atoms with Gasteiger partial charge < -0.3 is 4.74 Å². The number of halogens is 1. The number of carbonyl (C=O) groups excluding carboxylic acids is 2. The number of alkyl halides is 1. The molecule has 0 aromatic heterocycles. The summed E-state index contributed by atoms with van der Waals surface area (Å²) in [5.74, 6) is 1.17. The number of esters is 1. The van der Waals surface area contributed by atoms with E-state index in [1.807, 2.05) is 0 Å². The van der Waals surface area contributed by atoms with Crippen LogP contribution in [0.3, 0.4) is 0 Å². The van der Waals surface area contributed by atoms with Crippen LogP contribution in [0.4, 0.5) is 0 Å². The van der Waals surface area contributed by atoms with Gasteiger partial charge in [0, 0.05) is 5.57 Å². The molecule has 3 nitrogen and oxygen atoms in total. The first-order chi connectivity index (χ1) is 5.24. The summed E-state index contributed by atoms with van der Waals surface area (Å²) in [7, 11) is 0. The summed E-state index contributed by atoms with van der Waals surface area (Å²) in [4.78, 5) is 20.7. The van der Waals surface area contributed by atoms with Crippen LogP contribution in [0.1, 0.15) is 13.3 Å². The monoisotopic (exact) mass is 176 g/mol. The molecule has 0 radical (unpaired) electrons. The van der Waals surface area contributed by atoms with Gasteiger partial charge in [0.2, 0.25) is 0 Å². The average Bonchev–Trinajstić information content (AvgIpc) is 2.01. The number of ether oxygens (including phenoxy) is 1. The molecule has 0 N–H and O–H groups in total. The van der Waals surface area contributed by atoms with Crippen molar-refractivity contribution in [3.8, 4) is 0 Å². The minimum absolute atomic E-state index is 0.0301. The molecule has 0 unspecified atom stereocenters. The summed E-state index contributed by atoms with van der Waals surface area (Å²) in [6, 6.07) is 0. The molecular formula is C7H9ClO3. The van der Waals surface area contributed by atoms with Crippen molar-refractivity contribution in [2.75, 3.05) is 12.5 Å². The predicted octanol–water partition coefficient (Wildman–Crippen LogP) is 0.936. The van der Waals surface area contributed by atoms with E-state index in [0.29, 0.717) is 6.61 Å². The first-order valence-electron chi connectivity index (χ1n) is 3.19. The largest absolute Gasteiger partial charge is 0.466 e. The third-order valence-corrected chi connectivity index (χ3v) is 1.29. The average molecular weight is 177 g/mol. The van der Waals surface area contributed by atoms with Crippen LogP contribution in [-0.2, 0) is 14.3 Å². The Balaban J connectivity index is 3.83. The van der Waals surface area contributed by atoms with Crippen LogP contribution in [0.25, 0.3) is 0 Å². The van der Waals surface area contributed by atoms with Gasteiger partial charge in [-0.05, 0) is 6.92 Å². The quantitative estimate of drug-likeness (QED) is 0.364. The molecule has 11 heavy (non-hydrogen) atoms. The normalized spacial score (nSPS) is 8.55. The highest BCUT2D eigenvalue weighted by Gasteiger charge is 2.05. The van der Waals surface area contributed by atoms with Crippen molar-refractivity contribution in [1.82, 2.24) is 0 Å². The smallest absolute Gasteiger partial charge is 0.310 e. The fourth-order valence-corrected chi connectivity index (χ4v) is 0.646. The SMILES string of the molecule is CCOC(=O)CC(=C=O)CCl. The molecule has 0 amide bonds. The Morgan fingerprint density at radius 1 is 1.64 bits per heavy atom. The van der Waals surface area contributed by atoms with E-state index in [1.165, 1.54) is 0 Å². The van der Waals surface area contributed by atoms with Gasteiger partial charge in [-0.15, -0.1) is 11.6 Å². The second-order valence-electron chi connectivity index (χ2n) is 1.82. The first kappa shape index (κ1) is 10.2. The molecule has 0 aliphatic carbocycles. The molecule has 0 fully saturated rings. The van der Waals surface area contributed by atoms with E-state index >= 15 is 0 Å². The molecule has 0 aliphatic heterocycles. The van der Waals surface area contributed by atoms with Gasteiger partial charge in [-0.25, -0.2) is 4.79 Å². The number of carbonyl (C=O) groups is 1. The fraction of sp³-hybridized carbons (Fsp3) is 0.571. The molecule has 0 spiro atoms. The van der Waals surface area contributed by atoms with Gasteiger partial charge in [-0.3, -0.25) is 4.79 Å². The Kier molecular flexibility index (Phi) is 5.53. The van der Waals surface area contributed by atoms with Gasteiger partial charge in [0.05, 0.1) is 18.9 Å². The van der Waals surface area contributed by atoms with Crippen LogP contribution >= 0.6 is 11.6 Å². The molecule has 0 bridgehead atoms. The van der Waals surface area contributed by atoms with Crippen molar-refractivity contribution in [2.24, 2.45) is 0 Å². The lowest BCUT2D eigenvalue weighted by Gasteiger charge is -1.99. The Morgan fingerprint density at radius 2 is 2.27 bits per heavy atom. The van der Waals surface area contributed by atoms with E-state index in [4.69, 9.17) is 11.6 Å². The molecule has 0 saturated carbocycles. The molecule has 0 aliphatic rings. The van der Waals surface area contributed by atoms with Gasteiger partial charge >= 0.3 is 5.97 Å². The third kappa shape index (κ3) is 4.59. The Hall–Kier alpha value is -0.790. The van der Waals surface area contributed by atoms with Crippen molar-refractivity contribution < 1.29 is 14.3 Å². The van der Waals surface area contributed by atoms with Gasteiger partial charge in [-0.2, -0.15) is 0 Å².